The van der Waals surface area contributed by atoms with E-state index in [0.717, 1.165) is 15.9 Å². The molecule has 1 aromatic heterocycles. The van der Waals surface area contributed by atoms with Gasteiger partial charge in [0.25, 0.3) is 5.91 Å². The molecule has 0 fully saturated rings. The molecule has 6 heteroatoms. The summed E-state index contributed by atoms with van der Waals surface area (Å²) in [5.41, 5.74) is 3.31. The Morgan fingerprint density at radius 2 is 1.31 bits per heavy atom. The third kappa shape index (κ3) is 5.13. The Balaban J connectivity index is 1.53. The van der Waals surface area contributed by atoms with Gasteiger partial charge in [-0.25, -0.2) is 4.98 Å². The Kier molecular flexibility index (Phi) is 7.23. The van der Waals surface area contributed by atoms with Gasteiger partial charge in [0.15, 0.2) is 5.58 Å². The molecule has 1 N–H and O–H groups in total. The third-order valence-electron chi connectivity index (χ3n) is 7.48. The van der Waals surface area contributed by atoms with Crippen molar-refractivity contribution in [1.29, 1.82) is 0 Å². The Labute approximate surface area is 247 Å². The number of hydrogen-bond acceptors (Lipinski definition) is 4. The number of anilines is 1. The minimum atomic E-state index is -2.95. The SMILES string of the molecule is CC(C)(C)[Si](Oc1ccc(NC(=O)c2ccccc2)cc1-c1nc2ccccc2o1)(c1ccccc1)c1ccccc1. The van der Waals surface area contributed by atoms with Crippen LogP contribution in [0.15, 0.2) is 138 Å². The summed E-state index contributed by atoms with van der Waals surface area (Å²) in [5, 5.41) is 5.11. The van der Waals surface area contributed by atoms with Gasteiger partial charge in [-0.05, 0) is 57.9 Å². The molecule has 0 saturated heterocycles. The normalized spacial score (nSPS) is 11.8. The van der Waals surface area contributed by atoms with Crippen LogP contribution in [-0.4, -0.2) is 19.2 Å². The van der Waals surface area contributed by atoms with Crippen molar-refractivity contribution in [2.45, 2.75) is 25.8 Å². The van der Waals surface area contributed by atoms with E-state index < -0.39 is 8.32 Å². The van der Waals surface area contributed by atoms with E-state index in [1.807, 2.05) is 72.8 Å². The van der Waals surface area contributed by atoms with E-state index in [1.54, 1.807) is 12.1 Å². The van der Waals surface area contributed by atoms with Crippen molar-refractivity contribution in [1.82, 2.24) is 4.98 Å². The van der Waals surface area contributed by atoms with Gasteiger partial charge < -0.3 is 14.2 Å². The number of nitrogens with zero attached hydrogens (tertiary/aromatic N) is 1. The van der Waals surface area contributed by atoms with Crippen LogP contribution in [0, 0.1) is 0 Å². The number of para-hydroxylation sites is 2. The zero-order chi connectivity index (χ0) is 29.2. The van der Waals surface area contributed by atoms with Crippen LogP contribution in [0.2, 0.25) is 5.04 Å². The first-order valence-electron chi connectivity index (χ1n) is 14.0. The van der Waals surface area contributed by atoms with Crippen molar-refractivity contribution in [2.24, 2.45) is 0 Å². The molecule has 1 amide bonds. The molecule has 0 atom stereocenters. The number of hydrogen-bond donors (Lipinski definition) is 1. The van der Waals surface area contributed by atoms with Gasteiger partial charge in [-0.15, -0.1) is 0 Å². The van der Waals surface area contributed by atoms with Crippen LogP contribution < -0.4 is 20.1 Å². The predicted octanol–water partition coefficient (Wildman–Crippen LogP) is 7.69. The fourth-order valence-electron chi connectivity index (χ4n) is 5.46. The summed E-state index contributed by atoms with van der Waals surface area (Å²) in [6.45, 7) is 6.73. The zero-order valence-electron chi connectivity index (χ0n) is 23.9. The summed E-state index contributed by atoms with van der Waals surface area (Å²) in [5.74, 6) is 0.883. The molecule has 0 saturated carbocycles. The first-order chi connectivity index (χ1) is 20.3. The molecule has 208 valence electrons. The number of carbonyl (C=O) groups is 1. The van der Waals surface area contributed by atoms with Crippen molar-refractivity contribution in [2.75, 3.05) is 5.32 Å². The van der Waals surface area contributed by atoms with Crippen molar-refractivity contribution in [3.63, 3.8) is 0 Å². The van der Waals surface area contributed by atoms with E-state index in [1.165, 1.54) is 0 Å². The quantitative estimate of drug-likeness (QED) is 0.201. The number of oxazole rings is 1. The van der Waals surface area contributed by atoms with Crippen molar-refractivity contribution < 1.29 is 13.6 Å². The molecule has 0 aliphatic rings. The summed E-state index contributed by atoms with van der Waals surface area (Å²) in [6.07, 6.45) is 0. The Morgan fingerprint density at radius 3 is 1.90 bits per heavy atom. The highest BCUT2D eigenvalue weighted by molar-refractivity contribution is 7.00. The zero-order valence-corrected chi connectivity index (χ0v) is 24.9. The van der Waals surface area contributed by atoms with Gasteiger partial charge in [0.1, 0.15) is 11.3 Å². The second-order valence-corrected chi connectivity index (χ2v) is 15.5. The van der Waals surface area contributed by atoms with Crippen molar-refractivity contribution >= 4 is 41.4 Å². The summed E-state index contributed by atoms with van der Waals surface area (Å²) in [6, 6.07) is 43.5. The van der Waals surface area contributed by atoms with Crippen LogP contribution in [-0.2, 0) is 0 Å². The number of fused-ring (bicyclic) bond motifs is 1. The minimum Gasteiger partial charge on any atom is -0.533 e. The van der Waals surface area contributed by atoms with Crippen LogP contribution >= 0.6 is 0 Å². The van der Waals surface area contributed by atoms with Gasteiger partial charge in [-0.1, -0.05) is 112 Å². The number of amides is 1. The highest BCUT2D eigenvalue weighted by atomic mass is 28.4. The van der Waals surface area contributed by atoms with Crippen molar-refractivity contribution in [3.8, 4) is 17.2 Å². The first-order valence-corrected chi connectivity index (χ1v) is 15.9. The molecule has 0 aliphatic heterocycles. The van der Waals surface area contributed by atoms with Crippen LogP contribution in [0.25, 0.3) is 22.6 Å². The van der Waals surface area contributed by atoms with E-state index >= 15 is 0 Å². The van der Waals surface area contributed by atoms with Gasteiger partial charge in [0.2, 0.25) is 5.89 Å². The highest BCUT2D eigenvalue weighted by Crippen LogP contribution is 2.41. The smallest absolute Gasteiger partial charge is 0.319 e. The lowest BCUT2D eigenvalue weighted by Crippen LogP contribution is -2.68. The Morgan fingerprint density at radius 1 is 0.738 bits per heavy atom. The standard InChI is InChI=1S/C36H32N2O3Si/c1-36(2,3)42(28-17-9-5-10-18-28,29-19-11-6-12-20-29)41-32-24-23-27(37-34(39)26-15-7-4-8-16-26)25-30(32)35-38-31-21-13-14-22-33(31)40-35/h4-25H,1-3H3,(H,37,39). The second kappa shape index (κ2) is 11.1. The molecule has 0 radical (unpaired) electrons. The average molecular weight is 569 g/mol. The second-order valence-electron chi connectivity index (χ2n) is 11.3. The molecule has 5 aromatic carbocycles. The molecule has 6 aromatic rings. The largest absolute Gasteiger partial charge is 0.533 e. The summed E-state index contributed by atoms with van der Waals surface area (Å²) in [4.78, 5) is 17.9. The maximum atomic E-state index is 13.0. The van der Waals surface area contributed by atoms with Crippen LogP contribution in [0.4, 0.5) is 5.69 Å². The van der Waals surface area contributed by atoms with E-state index in [-0.39, 0.29) is 10.9 Å². The lowest BCUT2D eigenvalue weighted by Gasteiger charge is -2.43. The molecule has 5 nitrogen and oxygen atoms in total. The van der Waals surface area contributed by atoms with Crippen LogP contribution in [0.3, 0.4) is 0 Å². The monoisotopic (exact) mass is 568 g/mol. The summed E-state index contributed by atoms with van der Waals surface area (Å²) < 4.78 is 13.7. The van der Waals surface area contributed by atoms with E-state index in [0.29, 0.717) is 34.0 Å². The molecule has 0 bridgehead atoms. The van der Waals surface area contributed by atoms with Gasteiger partial charge in [0.05, 0.1) is 5.56 Å². The first kappa shape index (κ1) is 27.2. The number of rotatable bonds is 7. The van der Waals surface area contributed by atoms with Crippen LogP contribution in [0.1, 0.15) is 31.1 Å². The van der Waals surface area contributed by atoms with Gasteiger partial charge >= 0.3 is 8.32 Å². The number of carbonyl (C=O) groups excluding carboxylic acids is 1. The van der Waals surface area contributed by atoms with E-state index in [2.05, 4.69) is 74.6 Å². The minimum absolute atomic E-state index is 0.195. The average Bonchev–Trinajstić information content (AvgIpc) is 3.45. The lowest BCUT2D eigenvalue weighted by molar-refractivity contribution is 0.102. The molecular formula is C36H32N2O3Si. The molecular weight excluding hydrogens is 536 g/mol. The fourth-order valence-corrected chi connectivity index (χ4v) is 9.90. The number of aromatic nitrogens is 1. The third-order valence-corrected chi connectivity index (χ3v) is 12.4. The molecule has 0 spiro atoms. The number of nitrogens with one attached hydrogen (secondary N) is 1. The maximum Gasteiger partial charge on any atom is 0.319 e. The Hall–Kier alpha value is -4.94. The van der Waals surface area contributed by atoms with Gasteiger partial charge in [-0.3, -0.25) is 4.79 Å². The molecule has 42 heavy (non-hydrogen) atoms. The van der Waals surface area contributed by atoms with Gasteiger partial charge in [-0.2, -0.15) is 0 Å². The molecule has 0 unspecified atom stereocenters. The predicted molar refractivity (Wildman–Crippen MR) is 172 cm³/mol. The summed E-state index contributed by atoms with van der Waals surface area (Å²) >= 11 is 0. The van der Waals surface area contributed by atoms with E-state index in [4.69, 9.17) is 13.8 Å². The van der Waals surface area contributed by atoms with Crippen molar-refractivity contribution in [3.05, 3.63) is 139 Å². The number of benzene rings is 5. The molecule has 1 heterocycles. The summed E-state index contributed by atoms with van der Waals surface area (Å²) in [7, 11) is -2.95. The maximum absolute atomic E-state index is 13.0. The fraction of sp³-hybridized carbons (Fsp3) is 0.111. The molecule has 6 rings (SSSR count). The Bertz CT molecular complexity index is 1760. The van der Waals surface area contributed by atoms with Crippen LogP contribution in [0.5, 0.6) is 5.75 Å². The highest BCUT2D eigenvalue weighted by Gasteiger charge is 2.52. The molecule has 0 aliphatic carbocycles. The topological polar surface area (TPSA) is 64.4 Å². The lowest BCUT2D eigenvalue weighted by atomic mass is 10.1. The van der Waals surface area contributed by atoms with Gasteiger partial charge in [0, 0.05) is 11.3 Å². The van der Waals surface area contributed by atoms with E-state index in [9.17, 15) is 4.79 Å².